The topological polar surface area (TPSA) is 94.3 Å². The highest BCUT2D eigenvalue weighted by atomic mass is 16.5. The minimum atomic E-state index is -0.825. The maximum absolute atomic E-state index is 10.3. The number of nitrogens with one attached hydrogen (secondary N) is 1. The maximum atomic E-state index is 10.3. The number of nitrogens with zero attached hydrogens (tertiary/aromatic N) is 4. The number of methoxy groups -OCH3 is 2. The van der Waals surface area contributed by atoms with E-state index in [-0.39, 0.29) is 11.6 Å². The van der Waals surface area contributed by atoms with Crippen molar-refractivity contribution < 1.29 is 14.6 Å². The van der Waals surface area contributed by atoms with Crippen molar-refractivity contribution in [3.8, 4) is 11.5 Å². The first-order valence-electron chi connectivity index (χ1n) is 13.6. The third-order valence-electron chi connectivity index (χ3n) is 8.72. The van der Waals surface area contributed by atoms with Gasteiger partial charge in [0.05, 0.1) is 32.2 Å². The normalized spacial score (nSPS) is 21.7. The summed E-state index contributed by atoms with van der Waals surface area (Å²) in [7, 11) is 3.34. The molecule has 3 atom stereocenters. The molecule has 2 N–H and O–H groups in total. The number of aromatic nitrogens is 4. The molecule has 40 heavy (non-hydrogen) atoms. The van der Waals surface area contributed by atoms with E-state index in [4.69, 9.17) is 19.4 Å². The monoisotopic (exact) mass is 533 g/mol. The van der Waals surface area contributed by atoms with E-state index in [1.807, 2.05) is 48.8 Å². The second-order valence-electron chi connectivity index (χ2n) is 10.8. The lowest BCUT2D eigenvalue weighted by atomic mass is 9.77. The fourth-order valence-corrected chi connectivity index (χ4v) is 6.65. The molecule has 0 amide bonds. The molecule has 2 saturated carbocycles. The summed E-state index contributed by atoms with van der Waals surface area (Å²) in [5.74, 6) is 2.65. The third-order valence-corrected chi connectivity index (χ3v) is 8.72. The predicted octanol–water partition coefficient (Wildman–Crippen LogP) is 5.12. The molecule has 2 aliphatic carbocycles. The minimum absolute atomic E-state index is 0.0950. The van der Waals surface area contributed by atoms with Gasteiger partial charge in [0, 0.05) is 0 Å². The molecule has 2 heterocycles. The standard InChI is InChI=1S/C32H31N5O3/c1-39-26-12-8-22(9-13-26)32(21-6-4-3-5-7-21,23-10-14-27(40-2)15-11-23)36-29-28-30(34-19-33-29)37(20-35-28)31-17-24(31)16-25(38)18-31/h3-15,19-20,24-25,38H,16-18H2,1-2H3,(H,33,34,36)/t24-,25+,31+/m1/s1. The molecule has 2 aliphatic rings. The Labute approximate surface area is 232 Å². The number of aliphatic hydroxyl groups is 1. The predicted molar refractivity (Wildman–Crippen MR) is 153 cm³/mol. The van der Waals surface area contributed by atoms with Crippen LogP contribution in [0.3, 0.4) is 0 Å². The molecule has 0 spiro atoms. The van der Waals surface area contributed by atoms with Crippen molar-refractivity contribution >= 4 is 17.0 Å². The molecule has 0 aliphatic heterocycles. The fourth-order valence-electron chi connectivity index (χ4n) is 6.65. The molecule has 8 nitrogen and oxygen atoms in total. The van der Waals surface area contributed by atoms with E-state index in [1.54, 1.807) is 20.5 Å². The van der Waals surface area contributed by atoms with Gasteiger partial charge >= 0.3 is 0 Å². The Morgan fingerprint density at radius 2 is 1.45 bits per heavy atom. The van der Waals surface area contributed by atoms with Gasteiger partial charge in [-0.05, 0) is 66.1 Å². The number of rotatable bonds is 8. The number of fused-ring (bicyclic) bond motifs is 2. The van der Waals surface area contributed by atoms with Crippen molar-refractivity contribution in [3.63, 3.8) is 0 Å². The fraction of sp³-hybridized carbons (Fsp3) is 0.281. The number of imidazole rings is 1. The lowest BCUT2D eigenvalue weighted by Crippen LogP contribution is -2.38. The largest absolute Gasteiger partial charge is 0.497 e. The van der Waals surface area contributed by atoms with Gasteiger partial charge in [0.15, 0.2) is 11.5 Å². The number of aliphatic hydroxyl groups excluding tert-OH is 1. The molecular weight excluding hydrogens is 502 g/mol. The number of anilines is 1. The van der Waals surface area contributed by atoms with Crippen LogP contribution >= 0.6 is 0 Å². The molecular formula is C32H31N5O3. The first kappa shape index (κ1) is 24.6. The van der Waals surface area contributed by atoms with Crippen LogP contribution in [0.5, 0.6) is 11.5 Å². The van der Waals surface area contributed by atoms with Crippen LogP contribution in [0, 0.1) is 5.92 Å². The Morgan fingerprint density at radius 3 is 2.02 bits per heavy atom. The van der Waals surface area contributed by atoms with E-state index < -0.39 is 5.54 Å². The molecule has 7 rings (SSSR count). The molecule has 0 saturated heterocycles. The second kappa shape index (κ2) is 9.34. The summed E-state index contributed by atoms with van der Waals surface area (Å²) in [5, 5.41) is 14.2. The summed E-state index contributed by atoms with van der Waals surface area (Å²) in [6.07, 6.45) is 5.82. The van der Waals surface area contributed by atoms with Crippen LogP contribution in [0.2, 0.25) is 0 Å². The quantitative estimate of drug-likeness (QED) is 0.268. The molecule has 8 heteroatoms. The molecule has 0 unspecified atom stereocenters. The molecule has 2 fully saturated rings. The summed E-state index contributed by atoms with van der Waals surface area (Å²) < 4.78 is 13.1. The van der Waals surface area contributed by atoms with Crippen molar-refractivity contribution in [2.45, 2.75) is 36.4 Å². The molecule has 202 valence electrons. The Morgan fingerprint density at radius 1 is 0.825 bits per heavy atom. The van der Waals surface area contributed by atoms with E-state index >= 15 is 0 Å². The summed E-state index contributed by atoms with van der Waals surface area (Å²) in [4.78, 5) is 14.2. The highest BCUT2D eigenvalue weighted by molar-refractivity contribution is 5.84. The summed E-state index contributed by atoms with van der Waals surface area (Å²) >= 11 is 0. The van der Waals surface area contributed by atoms with E-state index in [2.05, 4.69) is 51.3 Å². The van der Waals surface area contributed by atoms with Gasteiger partial charge in [0.25, 0.3) is 0 Å². The van der Waals surface area contributed by atoms with Crippen molar-refractivity contribution in [1.82, 2.24) is 19.5 Å². The van der Waals surface area contributed by atoms with Gasteiger partial charge in [-0.1, -0.05) is 54.6 Å². The molecule has 0 radical (unpaired) electrons. The molecule has 0 bridgehead atoms. The van der Waals surface area contributed by atoms with E-state index in [0.717, 1.165) is 53.1 Å². The van der Waals surface area contributed by atoms with Crippen LogP contribution in [0.1, 0.15) is 36.0 Å². The van der Waals surface area contributed by atoms with Crippen LogP contribution < -0.4 is 14.8 Å². The smallest absolute Gasteiger partial charge is 0.165 e. The van der Waals surface area contributed by atoms with Crippen LogP contribution in [0.25, 0.3) is 11.2 Å². The maximum Gasteiger partial charge on any atom is 0.165 e. The first-order chi connectivity index (χ1) is 19.6. The van der Waals surface area contributed by atoms with Crippen molar-refractivity contribution in [1.29, 1.82) is 0 Å². The zero-order valence-corrected chi connectivity index (χ0v) is 22.5. The summed E-state index contributed by atoms with van der Waals surface area (Å²) in [6.45, 7) is 0. The molecule has 5 aromatic rings. The van der Waals surface area contributed by atoms with Gasteiger partial charge in [-0.25, -0.2) is 15.0 Å². The summed E-state index contributed by atoms with van der Waals surface area (Å²) in [6, 6.07) is 26.5. The zero-order chi connectivity index (χ0) is 27.3. The van der Waals surface area contributed by atoms with E-state index in [9.17, 15) is 5.11 Å². The Hall–Kier alpha value is -4.43. The first-order valence-corrected chi connectivity index (χ1v) is 13.6. The van der Waals surface area contributed by atoms with Crippen molar-refractivity contribution in [3.05, 3.63) is 108 Å². The summed E-state index contributed by atoms with van der Waals surface area (Å²) in [5.41, 5.74) is 3.62. The molecule has 3 aromatic carbocycles. The Bertz CT molecular complexity index is 1600. The van der Waals surface area contributed by atoms with Crippen LogP contribution in [-0.2, 0) is 11.1 Å². The second-order valence-corrected chi connectivity index (χ2v) is 10.8. The lowest BCUT2D eigenvalue weighted by molar-refractivity contribution is 0.159. The van der Waals surface area contributed by atoms with Gasteiger partial charge in [0.1, 0.15) is 28.9 Å². The average Bonchev–Trinajstić information content (AvgIpc) is 3.32. The van der Waals surface area contributed by atoms with Crippen LogP contribution in [-0.4, -0.2) is 44.9 Å². The Balaban J connectivity index is 1.42. The van der Waals surface area contributed by atoms with Crippen LogP contribution in [0.15, 0.2) is 91.5 Å². The highest BCUT2D eigenvalue weighted by Gasteiger charge is 2.62. The van der Waals surface area contributed by atoms with Gasteiger partial charge in [-0.15, -0.1) is 0 Å². The third kappa shape index (κ3) is 3.74. The van der Waals surface area contributed by atoms with E-state index in [1.165, 1.54) is 0 Å². The zero-order valence-electron chi connectivity index (χ0n) is 22.5. The molecule has 2 aromatic heterocycles. The number of hydrogen-bond acceptors (Lipinski definition) is 7. The number of benzene rings is 3. The van der Waals surface area contributed by atoms with E-state index in [0.29, 0.717) is 17.3 Å². The number of ether oxygens (including phenoxy) is 2. The SMILES string of the molecule is COc1ccc(C(Nc2ncnc3c2ncn3[C@@]23C[C@@H](O)C[C@@H]2C3)(c2ccccc2)c2ccc(OC)cc2)cc1. The van der Waals surface area contributed by atoms with Crippen molar-refractivity contribution in [2.24, 2.45) is 5.92 Å². The van der Waals surface area contributed by atoms with Gasteiger partial charge in [0.2, 0.25) is 0 Å². The highest BCUT2D eigenvalue weighted by Crippen LogP contribution is 2.62. The van der Waals surface area contributed by atoms with Gasteiger partial charge < -0.3 is 24.5 Å². The average molecular weight is 534 g/mol. The Kier molecular flexibility index (Phi) is 5.75. The van der Waals surface area contributed by atoms with Crippen LogP contribution in [0.4, 0.5) is 5.82 Å². The minimum Gasteiger partial charge on any atom is -0.497 e. The van der Waals surface area contributed by atoms with Gasteiger partial charge in [-0.2, -0.15) is 0 Å². The lowest BCUT2D eigenvalue weighted by Gasteiger charge is -2.37. The van der Waals surface area contributed by atoms with Gasteiger partial charge in [-0.3, -0.25) is 0 Å². The van der Waals surface area contributed by atoms with Crippen molar-refractivity contribution in [2.75, 3.05) is 19.5 Å². The number of hydrogen-bond donors (Lipinski definition) is 2.